The van der Waals surface area contributed by atoms with Crippen molar-refractivity contribution in [2.75, 3.05) is 31.6 Å². The molecule has 1 aromatic heterocycles. The van der Waals surface area contributed by atoms with Crippen LogP contribution < -0.4 is 5.32 Å². The fourth-order valence-electron chi connectivity index (χ4n) is 4.90. The zero-order valence-electron chi connectivity index (χ0n) is 21.5. The van der Waals surface area contributed by atoms with E-state index in [4.69, 9.17) is 11.3 Å². The van der Waals surface area contributed by atoms with Gasteiger partial charge in [0.1, 0.15) is 0 Å². The van der Waals surface area contributed by atoms with Gasteiger partial charge in [-0.25, -0.2) is 4.85 Å². The van der Waals surface area contributed by atoms with Crippen molar-refractivity contribution in [2.45, 2.75) is 65.4 Å². The van der Waals surface area contributed by atoms with Gasteiger partial charge in [-0.2, -0.15) is 0 Å². The average molecular weight is 475 g/mol. The lowest BCUT2D eigenvalue weighted by atomic mass is 9.76. The minimum Gasteiger partial charge on any atom is -0.370 e. The molecule has 0 unspecified atom stereocenters. The summed E-state index contributed by atoms with van der Waals surface area (Å²) in [5.41, 5.74) is 4.89. The third-order valence-electron chi connectivity index (χ3n) is 7.39. The van der Waals surface area contributed by atoms with Gasteiger partial charge >= 0.3 is 0 Å². The summed E-state index contributed by atoms with van der Waals surface area (Å²) in [5.74, 6) is -0.244. The molecule has 186 valence electrons. The Balaban J connectivity index is 1.57. The summed E-state index contributed by atoms with van der Waals surface area (Å²) >= 11 is 0. The molecule has 2 aliphatic rings. The van der Waals surface area contributed by atoms with Crippen LogP contribution in [0.3, 0.4) is 0 Å². The summed E-state index contributed by atoms with van der Waals surface area (Å²) in [6.45, 7) is 20.0. The number of aromatic nitrogens is 1. The summed E-state index contributed by atoms with van der Waals surface area (Å²) in [5, 5.41) is 3.08. The molecule has 0 atom stereocenters. The lowest BCUT2D eigenvalue weighted by molar-refractivity contribution is -0.0288. The number of anilines is 1. The Morgan fingerprint density at radius 1 is 1.26 bits per heavy atom. The summed E-state index contributed by atoms with van der Waals surface area (Å²) < 4.78 is 6.38. The van der Waals surface area contributed by atoms with Gasteiger partial charge < -0.3 is 19.9 Å². The standard InChI is InChI=1S/C29H38N4O2/c1-28(2)12-10-21(11-13-28)24-18-22(29(3,4)35-17-16-33-14-6-7-15-33)8-9-25(24)32-27(34)26-19-23(30-5)20-31-26/h8-10,18-20,31H,6-7,11-17H2,1-4H3,(H,32,34). The van der Waals surface area contributed by atoms with Crippen LogP contribution in [0.5, 0.6) is 0 Å². The number of aromatic amines is 1. The highest BCUT2D eigenvalue weighted by molar-refractivity contribution is 6.05. The van der Waals surface area contributed by atoms with Crippen molar-refractivity contribution >= 4 is 22.9 Å². The molecule has 4 rings (SSSR count). The molecule has 2 heterocycles. The SMILES string of the molecule is [C-]#[N+]c1c[nH]c(C(=O)Nc2ccc(C(C)(C)OCCN3CCCC3)cc2C2=CCC(C)(C)CC2)c1. The highest BCUT2D eigenvalue weighted by Crippen LogP contribution is 2.41. The number of carbonyl (C=O) groups is 1. The number of hydrogen-bond donors (Lipinski definition) is 2. The van der Waals surface area contributed by atoms with Gasteiger partial charge in [0.15, 0.2) is 0 Å². The molecule has 2 aromatic rings. The number of benzene rings is 1. The number of H-pyrrole nitrogens is 1. The van der Waals surface area contributed by atoms with Crippen LogP contribution in [0.1, 0.15) is 81.4 Å². The number of likely N-dealkylation sites (tertiary alicyclic amines) is 1. The van der Waals surface area contributed by atoms with Crippen molar-refractivity contribution in [2.24, 2.45) is 5.41 Å². The van der Waals surface area contributed by atoms with E-state index in [2.05, 4.69) is 65.9 Å². The monoisotopic (exact) mass is 474 g/mol. The maximum absolute atomic E-state index is 12.9. The predicted molar refractivity (Wildman–Crippen MR) is 142 cm³/mol. The number of amides is 1. The van der Waals surface area contributed by atoms with Gasteiger partial charge in [0.05, 0.1) is 24.5 Å². The van der Waals surface area contributed by atoms with Crippen molar-refractivity contribution in [3.05, 3.63) is 64.8 Å². The molecular weight excluding hydrogens is 436 g/mol. The third kappa shape index (κ3) is 6.22. The molecule has 0 spiro atoms. The fourth-order valence-corrected chi connectivity index (χ4v) is 4.90. The van der Waals surface area contributed by atoms with E-state index in [0.717, 1.165) is 42.6 Å². The number of ether oxygens (including phenoxy) is 1. The Kier molecular flexibility index (Phi) is 7.49. The Bertz CT molecular complexity index is 1130. The molecule has 1 saturated heterocycles. The van der Waals surface area contributed by atoms with Crippen LogP contribution in [0, 0.1) is 12.0 Å². The second-order valence-electron chi connectivity index (χ2n) is 11.1. The molecule has 6 heteroatoms. The number of carbonyl (C=O) groups excluding carboxylic acids is 1. The largest absolute Gasteiger partial charge is 0.370 e. The smallest absolute Gasteiger partial charge is 0.270 e. The van der Waals surface area contributed by atoms with Crippen molar-refractivity contribution in [3.8, 4) is 0 Å². The Labute approximate surface area is 209 Å². The molecular formula is C29H38N4O2. The van der Waals surface area contributed by atoms with Crippen molar-refractivity contribution < 1.29 is 9.53 Å². The third-order valence-corrected chi connectivity index (χ3v) is 7.39. The molecule has 1 aliphatic carbocycles. The molecule has 0 saturated carbocycles. The van der Waals surface area contributed by atoms with Gasteiger partial charge in [-0.3, -0.25) is 4.79 Å². The van der Waals surface area contributed by atoms with Crippen LogP contribution in [0.2, 0.25) is 0 Å². The molecule has 1 aromatic carbocycles. The molecule has 35 heavy (non-hydrogen) atoms. The van der Waals surface area contributed by atoms with Gasteiger partial charge in [0.25, 0.3) is 5.91 Å². The fraction of sp³-hybridized carbons (Fsp3) is 0.517. The van der Waals surface area contributed by atoms with E-state index in [1.54, 1.807) is 12.3 Å². The summed E-state index contributed by atoms with van der Waals surface area (Å²) in [7, 11) is 0. The predicted octanol–water partition coefficient (Wildman–Crippen LogP) is 6.76. The van der Waals surface area contributed by atoms with E-state index in [-0.39, 0.29) is 5.91 Å². The molecule has 1 fully saturated rings. The zero-order chi connectivity index (χ0) is 25.1. The minimum atomic E-state index is -0.435. The average Bonchev–Trinajstić information content (AvgIpc) is 3.51. The van der Waals surface area contributed by atoms with E-state index in [1.807, 2.05) is 6.07 Å². The minimum absolute atomic E-state index is 0.244. The number of allylic oxidation sites excluding steroid dienone is 2. The topological polar surface area (TPSA) is 61.7 Å². The van der Waals surface area contributed by atoms with E-state index in [9.17, 15) is 4.79 Å². The Morgan fingerprint density at radius 2 is 2.03 bits per heavy atom. The zero-order valence-corrected chi connectivity index (χ0v) is 21.5. The maximum Gasteiger partial charge on any atom is 0.270 e. The number of rotatable bonds is 8. The van der Waals surface area contributed by atoms with Crippen LogP contribution >= 0.6 is 0 Å². The molecule has 2 N–H and O–H groups in total. The number of hydrogen-bond acceptors (Lipinski definition) is 3. The second-order valence-corrected chi connectivity index (χ2v) is 11.1. The van der Waals surface area contributed by atoms with E-state index in [0.29, 0.717) is 23.4 Å². The van der Waals surface area contributed by atoms with Crippen LogP contribution in [-0.4, -0.2) is 42.0 Å². The van der Waals surface area contributed by atoms with Crippen molar-refractivity contribution in [1.82, 2.24) is 9.88 Å². The molecule has 0 radical (unpaired) electrons. The molecule has 0 bridgehead atoms. The Morgan fingerprint density at radius 3 is 2.69 bits per heavy atom. The van der Waals surface area contributed by atoms with Gasteiger partial charge in [-0.15, -0.1) is 0 Å². The van der Waals surface area contributed by atoms with Gasteiger partial charge in [-0.05, 0) is 93.8 Å². The normalized spacial score (nSPS) is 18.2. The highest BCUT2D eigenvalue weighted by Gasteiger charge is 2.27. The lowest BCUT2D eigenvalue weighted by Gasteiger charge is -2.31. The van der Waals surface area contributed by atoms with Crippen LogP contribution in [-0.2, 0) is 10.3 Å². The molecule has 6 nitrogen and oxygen atoms in total. The first-order valence-electron chi connectivity index (χ1n) is 12.7. The van der Waals surface area contributed by atoms with Crippen LogP contribution in [0.25, 0.3) is 10.4 Å². The van der Waals surface area contributed by atoms with Crippen LogP contribution in [0.4, 0.5) is 11.4 Å². The van der Waals surface area contributed by atoms with Gasteiger partial charge in [0, 0.05) is 24.0 Å². The van der Waals surface area contributed by atoms with E-state index >= 15 is 0 Å². The number of nitrogens with zero attached hydrogens (tertiary/aromatic N) is 2. The second kappa shape index (κ2) is 10.4. The summed E-state index contributed by atoms with van der Waals surface area (Å²) in [4.78, 5) is 21.7. The first-order chi connectivity index (χ1) is 16.7. The van der Waals surface area contributed by atoms with Crippen LogP contribution in [0.15, 0.2) is 36.5 Å². The van der Waals surface area contributed by atoms with E-state index < -0.39 is 5.60 Å². The number of nitrogens with one attached hydrogen (secondary N) is 2. The first-order valence-corrected chi connectivity index (χ1v) is 12.7. The van der Waals surface area contributed by atoms with Crippen molar-refractivity contribution in [3.63, 3.8) is 0 Å². The van der Waals surface area contributed by atoms with Gasteiger partial charge in [0.2, 0.25) is 5.69 Å². The van der Waals surface area contributed by atoms with Gasteiger partial charge in [-0.1, -0.05) is 26.0 Å². The summed E-state index contributed by atoms with van der Waals surface area (Å²) in [6, 6.07) is 7.82. The molecule has 1 amide bonds. The lowest BCUT2D eigenvalue weighted by Crippen LogP contribution is -2.29. The first kappa shape index (κ1) is 25.2. The Hall–Kier alpha value is -2.88. The summed E-state index contributed by atoms with van der Waals surface area (Å²) in [6.07, 6.45) is 9.55. The quantitative estimate of drug-likeness (QED) is 0.416. The maximum atomic E-state index is 12.9. The van der Waals surface area contributed by atoms with E-state index in [1.165, 1.54) is 31.5 Å². The highest BCUT2D eigenvalue weighted by atomic mass is 16.5. The molecule has 1 aliphatic heterocycles. The van der Waals surface area contributed by atoms with Crippen molar-refractivity contribution in [1.29, 1.82) is 0 Å².